The standard InChI is InChI=1S/C17H21N3O3/c1-22-13-6-7-14(16(11-13)23-2)15-5-3-10-20(15)17(21)12-19-9-4-8-18-19/h4,6-9,11,15H,3,5,10,12H2,1-2H3/t15-/m0/s1. The van der Waals surface area contributed by atoms with Crippen molar-refractivity contribution in [2.75, 3.05) is 20.8 Å². The van der Waals surface area contributed by atoms with Crippen molar-refractivity contribution < 1.29 is 14.3 Å². The summed E-state index contributed by atoms with van der Waals surface area (Å²) in [5.41, 5.74) is 1.03. The molecule has 1 amide bonds. The van der Waals surface area contributed by atoms with E-state index in [1.807, 2.05) is 29.2 Å². The molecule has 0 N–H and O–H groups in total. The molecule has 0 bridgehead atoms. The third-order valence-electron chi connectivity index (χ3n) is 4.23. The van der Waals surface area contributed by atoms with Crippen LogP contribution >= 0.6 is 0 Å². The second-order valence-corrected chi connectivity index (χ2v) is 5.56. The molecule has 1 saturated heterocycles. The first-order valence-corrected chi connectivity index (χ1v) is 7.71. The summed E-state index contributed by atoms with van der Waals surface area (Å²) in [4.78, 5) is 14.5. The number of hydrogen-bond donors (Lipinski definition) is 0. The topological polar surface area (TPSA) is 56.6 Å². The second-order valence-electron chi connectivity index (χ2n) is 5.56. The van der Waals surface area contributed by atoms with Gasteiger partial charge in [0.25, 0.3) is 0 Å². The summed E-state index contributed by atoms with van der Waals surface area (Å²) >= 11 is 0. The number of ether oxygens (including phenoxy) is 2. The average Bonchev–Trinajstić information content (AvgIpc) is 3.25. The number of benzene rings is 1. The predicted octanol–water partition coefficient (Wildman–Crippen LogP) is 2.26. The molecule has 0 radical (unpaired) electrons. The third kappa shape index (κ3) is 3.16. The van der Waals surface area contributed by atoms with Crippen LogP contribution in [0.3, 0.4) is 0 Å². The lowest BCUT2D eigenvalue weighted by atomic mass is 10.0. The molecule has 1 aliphatic heterocycles. The Hall–Kier alpha value is -2.50. The van der Waals surface area contributed by atoms with E-state index in [4.69, 9.17) is 9.47 Å². The van der Waals surface area contributed by atoms with E-state index in [0.29, 0.717) is 0 Å². The summed E-state index contributed by atoms with van der Waals surface area (Å²) in [5, 5.41) is 4.11. The minimum Gasteiger partial charge on any atom is -0.497 e. The van der Waals surface area contributed by atoms with Crippen LogP contribution in [0.2, 0.25) is 0 Å². The molecule has 2 heterocycles. The van der Waals surface area contributed by atoms with Crippen molar-refractivity contribution in [2.45, 2.75) is 25.4 Å². The lowest BCUT2D eigenvalue weighted by Gasteiger charge is -2.26. The Morgan fingerprint density at radius 1 is 1.35 bits per heavy atom. The summed E-state index contributed by atoms with van der Waals surface area (Å²) in [6.07, 6.45) is 5.41. The Balaban J connectivity index is 1.82. The molecule has 1 aromatic heterocycles. The van der Waals surface area contributed by atoms with E-state index in [-0.39, 0.29) is 18.5 Å². The maximum absolute atomic E-state index is 12.6. The maximum atomic E-state index is 12.6. The molecule has 1 aromatic carbocycles. The first-order chi connectivity index (χ1) is 11.2. The van der Waals surface area contributed by atoms with Crippen molar-refractivity contribution in [1.29, 1.82) is 0 Å². The highest BCUT2D eigenvalue weighted by atomic mass is 16.5. The molecule has 6 heteroatoms. The molecule has 23 heavy (non-hydrogen) atoms. The van der Waals surface area contributed by atoms with E-state index < -0.39 is 0 Å². The fraction of sp³-hybridized carbons (Fsp3) is 0.412. The van der Waals surface area contributed by atoms with Gasteiger partial charge in [0.05, 0.1) is 20.3 Å². The van der Waals surface area contributed by atoms with Crippen LogP contribution in [-0.2, 0) is 11.3 Å². The van der Waals surface area contributed by atoms with Gasteiger partial charge in [-0.05, 0) is 31.0 Å². The van der Waals surface area contributed by atoms with Crippen molar-refractivity contribution >= 4 is 5.91 Å². The summed E-state index contributed by atoms with van der Waals surface area (Å²) in [6, 6.07) is 7.62. The van der Waals surface area contributed by atoms with Crippen LogP contribution in [0.25, 0.3) is 0 Å². The molecule has 3 rings (SSSR count). The zero-order chi connectivity index (χ0) is 16.2. The molecule has 1 atom stereocenters. The van der Waals surface area contributed by atoms with Gasteiger partial charge in [0.1, 0.15) is 18.0 Å². The molecule has 0 spiro atoms. The number of rotatable bonds is 5. The number of nitrogens with zero attached hydrogens (tertiary/aromatic N) is 3. The highest BCUT2D eigenvalue weighted by Crippen LogP contribution is 2.38. The Bertz CT molecular complexity index is 670. The SMILES string of the molecule is COc1ccc([C@@H]2CCCN2C(=O)Cn2cccn2)c(OC)c1. The van der Waals surface area contributed by atoms with Crippen LogP contribution < -0.4 is 9.47 Å². The number of carbonyl (C=O) groups excluding carboxylic acids is 1. The molecule has 0 unspecified atom stereocenters. The molecule has 1 aliphatic rings. The molecule has 2 aromatic rings. The van der Waals surface area contributed by atoms with E-state index in [1.54, 1.807) is 31.3 Å². The summed E-state index contributed by atoms with van der Waals surface area (Å²) in [6.45, 7) is 1.03. The Morgan fingerprint density at radius 2 is 2.22 bits per heavy atom. The Labute approximate surface area is 135 Å². The van der Waals surface area contributed by atoms with Gasteiger partial charge >= 0.3 is 0 Å². The number of aromatic nitrogens is 2. The molecule has 122 valence electrons. The summed E-state index contributed by atoms with van der Waals surface area (Å²) in [5.74, 6) is 1.58. The first-order valence-electron chi connectivity index (χ1n) is 7.71. The van der Waals surface area contributed by atoms with Crippen LogP contribution in [0.1, 0.15) is 24.4 Å². The Kier molecular flexibility index (Phi) is 4.50. The molecular weight excluding hydrogens is 294 g/mol. The van der Waals surface area contributed by atoms with Gasteiger partial charge in [0.2, 0.25) is 5.91 Å². The number of likely N-dealkylation sites (tertiary alicyclic amines) is 1. The zero-order valence-corrected chi connectivity index (χ0v) is 13.4. The second kappa shape index (κ2) is 6.73. The minimum atomic E-state index is 0.0407. The van der Waals surface area contributed by atoms with Crippen LogP contribution in [0.4, 0.5) is 0 Å². The van der Waals surface area contributed by atoms with E-state index in [1.165, 1.54) is 0 Å². The van der Waals surface area contributed by atoms with Crippen molar-refractivity contribution in [3.8, 4) is 11.5 Å². The lowest BCUT2D eigenvalue weighted by molar-refractivity contribution is -0.133. The van der Waals surface area contributed by atoms with Crippen LogP contribution in [0.15, 0.2) is 36.7 Å². The molecule has 1 fully saturated rings. The van der Waals surface area contributed by atoms with E-state index in [9.17, 15) is 4.79 Å². The summed E-state index contributed by atoms with van der Waals surface area (Å²) < 4.78 is 12.4. The average molecular weight is 315 g/mol. The molecule has 6 nitrogen and oxygen atoms in total. The highest BCUT2D eigenvalue weighted by Gasteiger charge is 2.32. The highest BCUT2D eigenvalue weighted by molar-refractivity contribution is 5.77. The van der Waals surface area contributed by atoms with Crippen LogP contribution in [0, 0.1) is 0 Å². The van der Waals surface area contributed by atoms with Gasteiger partial charge in [-0.15, -0.1) is 0 Å². The molecule has 0 aliphatic carbocycles. The van der Waals surface area contributed by atoms with E-state index in [0.717, 1.165) is 36.4 Å². The first kappa shape index (κ1) is 15.4. The van der Waals surface area contributed by atoms with E-state index >= 15 is 0 Å². The van der Waals surface area contributed by atoms with Gasteiger partial charge < -0.3 is 14.4 Å². The largest absolute Gasteiger partial charge is 0.497 e. The molecule has 0 saturated carbocycles. The third-order valence-corrected chi connectivity index (χ3v) is 4.23. The Morgan fingerprint density at radius 3 is 2.91 bits per heavy atom. The normalized spacial score (nSPS) is 17.3. The van der Waals surface area contributed by atoms with Crippen molar-refractivity contribution in [3.05, 3.63) is 42.2 Å². The number of carbonyl (C=O) groups is 1. The van der Waals surface area contributed by atoms with Crippen molar-refractivity contribution in [1.82, 2.24) is 14.7 Å². The lowest BCUT2D eigenvalue weighted by Crippen LogP contribution is -2.33. The van der Waals surface area contributed by atoms with Gasteiger partial charge in [0.15, 0.2) is 0 Å². The van der Waals surface area contributed by atoms with Gasteiger partial charge in [0, 0.05) is 30.6 Å². The smallest absolute Gasteiger partial charge is 0.244 e. The van der Waals surface area contributed by atoms with Gasteiger partial charge in [-0.1, -0.05) is 0 Å². The number of hydrogen-bond acceptors (Lipinski definition) is 4. The number of amides is 1. The quantitative estimate of drug-likeness (QED) is 0.849. The molecular formula is C17H21N3O3. The summed E-state index contributed by atoms with van der Waals surface area (Å²) in [7, 11) is 3.27. The van der Waals surface area contributed by atoms with Crippen LogP contribution in [-0.4, -0.2) is 41.4 Å². The zero-order valence-electron chi connectivity index (χ0n) is 13.4. The minimum absolute atomic E-state index is 0.0407. The fourth-order valence-corrected chi connectivity index (χ4v) is 3.11. The predicted molar refractivity (Wildman–Crippen MR) is 85.5 cm³/mol. The monoisotopic (exact) mass is 315 g/mol. The number of methoxy groups -OCH3 is 2. The van der Waals surface area contributed by atoms with E-state index in [2.05, 4.69) is 5.10 Å². The van der Waals surface area contributed by atoms with Crippen molar-refractivity contribution in [3.63, 3.8) is 0 Å². The van der Waals surface area contributed by atoms with Gasteiger partial charge in [-0.3, -0.25) is 9.48 Å². The van der Waals surface area contributed by atoms with Crippen LogP contribution in [0.5, 0.6) is 11.5 Å². The van der Waals surface area contributed by atoms with Gasteiger partial charge in [-0.25, -0.2) is 0 Å². The van der Waals surface area contributed by atoms with Crippen molar-refractivity contribution in [2.24, 2.45) is 0 Å². The fourth-order valence-electron chi connectivity index (χ4n) is 3.11. The van der Waals surface area contributed by atoms with Gasteiger partial charge in [-0.2, -0.15) is 5.10 Å². The maximum Gasteiger partial charge on any atom is 0.244 e.